The number of aliphatic imine (C=N–C) groups is 1. The van der Waals surface area contributed by atoms with Crippen LogP contribution in [0.4, 0.5) is 5.82 Å². The van der Waals surface area contributed by atoms with Gasteiger partial charge in [-0.05, 0) is 44.0 Å². The summed E-state index contributed by atoms with van der Waals surface area (Å²) >= 11 is 0. The Morgan fingerprint density at radius 2 is 2.09 bits per heavy atom. The number of ether oxygens (including phenoxy) is 2. The molecule has 3 rings (SSSR count). The fourth-order valence-corrected chi connectivity index (χ4v) is 3.88. The number of pyridine rings is 1. The SMILES string of the molecule is CCNC(=NCc1ccnc(N2CCN(CC)CC2)c1)NCCCOCC1CCOC1.I. The Morgan fingerprint density at radius 3 is 2.81 bits per heavy atom. The van der Waals surface area contributed by atoms with E-state index < -0.39 is 0 Å². The molecule has 3 heterocycles. The number of guanidine groups is 1. The lowest BCUT2D eigenvalue weighted by atomic mass is 10.1. The minimum absolute atomic E-state index is 0. The van der Waals surface area contributed by atoms with Crippen molar-refractivity contribution in [2.45, 2.75) is 33.2 Å². The van der Waals surface area contributed by atoms with Gasteiger partial charge in [-0.15, -0.1) is 24.0 Å². The van der Waals surface area contributed by atoms with E-state index in [-0.39, 0.29) is 24.0 Å². The third kappa shape index (κ3) is 9.36. The minimum atomic E-state index is 0. The molecule has 0 bridgehead atoms. The van der Waals surface area contributed by atoms with Crippen molar-refractivity contribution in [1.29, 1.82) is 0 Å². The molecule has 182 valence electrons. The van der Waals surface area contributed by atoms with E-state index in [9.17, 15) is 0 Å². The predicted molar refractivity (Wildman–Crippen MR) is 141 cm³/mol. The highest BCUT2D eigenvalue weighted by molar-refractivity contribution is 14.0. The van der Waals surface area contributed by atoms with Gasteiger partial charge >= 0.3 is 0 Å². The van der Waals surface area contributed by atoms with Crippen molar-refractivity contribution < 1.29 is 9.47 Å². The molecule has 2 saturated heterocycles. The summed E-state index contributed by atoms with van der Waals surface area (Å²) in [5.41, 5.74) is 1.18. The zero-order valence-electron chi connectivity index (χ0n) is 19.7. The molecule has 1 aromatic heterocycles. The third-order valence-electron chi connectivity index (χ3n) is 5.85. The second-order valence-corrected chi connectivity index (χ2v) is 8.22. The van der Waals surface area contributed by atoms with Crippen molar-refractivity contribution in [3.05, 3.63) is 23.9 Å². The lowest BCUT2D eigenvalue weighted by Crippen LogP contribution is -2.46. The molecule has 1 atom stereocenters. The molecule has 0 spiro atoms. The molecule has 32 heavy (non-hydrogen) atoms. The molecule has 0 radical (unpaired) electrons. The average molecular weight is 561 g/mol. The van der Waals surface area contributed by atoms with E-state index >= 15 is 0 Å². The summed E-state index contributed by atoms with van der Waals surface area (Å²) in [6.45, 7) is 15.3. The summed E-state index contributed by atoms with van der Waals surface area (Å²) < 4.78 is 11.2. The third-order valence-corrected chi connectivity index (χ3v) is 5.85. The maximum Gasteiger partial charge on any atom is 0.191 e. The zero-order valence-corrected chi connectivity index (χ0v) is 22.1. The molecule has 0 aromatic carbocycles. The van der Waals surface area contributed by atoms with Crippen molar-refractivity contribution in [3.8, 4) is 0 Å². The number of hydrogen-bond donors (Lipinski definition) is 2. The highest BCUT2D eigenvalue weighted by Crippen LogP contribution is 2.16. The standard InChI is InChI=1S/C23H40N6O2.HI/c1-3-24-23(26-8-5-14-30-18-21-7-15-31-19-21)27-17-20-6-9-25-22(16-20)29-12-10-28(4-2)11-13-29;/h6,9,16,21H,3-5,7-8,10-15,17-19H2,1-2H3,(H2,24,26,27);1H. The second kappa shape index (κ2) is 15.6. The molecule has 2 aliphatic heterocycles. The van der Waals surface area contributed by atoms with Crippen LogP contribution in [0.2, 0.25) is 0 Å². The Morgan fingerprint density at radius 1 is 1.25 bits per heavy atom. The lowest BCUT2D eigenvalue weighted by molar-refractivity contribution is 0.0888. The van der Waals surface area contributed by atoms with E-state index in [1.807, 2.05) is 6.20 Å². The Balaban J connectivity index is 0.00000363. The fraction of sp³-hybridized carbons (Fsp3) is 0.739. The number of likely N-dealkylation sites (N-methyl/N-ethyl adjacent to an activating group) is 1. The quantitative estimate of drug-likeness (QED) is 0.186. The van der Waals surface area contributed by atoms with Gasteiger partial charge < -0.3 is 29.9 Å². The first-order valence-corrected chi connectivity index (χ1v) is 11.9. The number of nitrogens with zero attached hydrogens (tertiary/aromatic N) is 4. The van der Waals surface area contributed by atoms with Gasteiger partial charge in [-0.2, -0.15) is 0 Å². The van der Waals surface area contributed by atoms with Crippen LogP contribution in [-0.2, 0) is 16.0 Å². The van der Waals surface area contributed by atoms with Gasteiger partial charge in [0.1, 0.15) is 5.82 Å². The Hall–Kier alpha value is -1.17. The smallest absolute Gasteiger partial charge is 0.191 e. The van der Waals surface area contributed by atoms with Crippen LogP contribution in [0.15, 0.2) is 23.3 Å². The van der Waals surface area contributed by atoms with Gasteiger partial charge in [0.15, 0.2) is 5.96 Å². The van der Waals surface area contributed by atoms with Crippen LogP contribution in [0.5, 0.6) is 0 Å². The lowest BCUT2D eigenvalue weighted by Gasteiger charge is -2.34. The van der Waals surface area contributed by atoms with Crippen molar-refractivity contribution in [2.75, 3.05) is 77.1 Å². The Kier molecular flexibility index (Phi) is 13.2. The molecule has 0 amide bonds. The van der Waals surface area contributed by atoms with Crippen LogP contribution in [0.3, 0.4) is 0 Å². The van der Waals surface area contributed by atoms with Crippen LogP contribution in [0.1, 0.15) is 32.3 Å². The normalized spacial score (nSPS) is 19.6. The number of piperazine rings is 1. The van der Waals surface area contributed by atoms with E-state index in [4.69, 9.17) is 14.5 Å². The Bertz CT molecular complexity index is 664. The first-order valence-electron chi connectivity index (χ1n) is 11.9. The van der Waals surface area contributed by atoms with E-state index in [0.29, 0.717) is 12.5 Å². The van der Waals surface area contributed by atoms with Gasteiger partial charge in [-0.3, -0.25) is 0 Å². The van der Waals surface area contributed by atoms with Crippen molar-refractivity contribution in [3.63, 3.8) is 0 Å². The molecule has 1 aromatic rings. The molecule has 9 heteroatoms. The summed E-state index contributed by atoms with van der Waals surface area (Å²) in [7, 11) is 0. The summed E-state index contributed by atoms with van der Waals surface area (Å²) in [5, 5.41) is 6.74. The second-order valence-electron chi connectivity index (χ2n) is 8.22. The van der Waals surface area contributed by atoms with Gasteiger partial charge in [0, 0.05) is 64.6 Å². The molecular weight excluding hydrogens is 519 g/mol. The monoisotopic (exact) mass is 560 g/mol. The van der Waals surface area contributed by atoms with Crippen molar-refractivity contribution in [1.82, 2.24) is 20.5 Å². The van der Waals surface area contributed by atoms with Crippen LogP contribution >= 0.6 is 24.0 Å². The number of hydrogen-bond acceptors (Lipinski definition) is 6. The van der Waals surface area contributed by atoms with E-state index in [2.05, 4.69) is 51.4 Å². The van der Waals surface area contributed by atoms with Crippen LogP contribution < -0.4 is 15.5 Å². The molecule has 2 aliphatic rings. The predicted octanol–water partition coefficient (Wildman–Crippen LogP) is 2.34. The van der Waals surface area contributed by atoms with E-state index in [1.54, 1.807) is 0 Å². The number of aromatic nitrogens is 1. The molecule has 0 saturated carbocycles. The number of anilines is 1. The summed E-state index contributed by atoms with van der Waals surface area (Å²) in [5.74, 6) is 2.49. The molecule has 1 unspecified atom stereocenters. The largest absolute Gasteiger partial charge is 0.381 e. The molecule has 8 nitrogen and oxygen atoms in total. The van der Waals surface area contributed by atoms with Crippen LogP contribution in [0.25, 0.3) is 0 Å². The van der Waals surface area contributed by atoms with Crippen molar-refractivity contribution in [2.24, 2.45) is 10.9 Å². The van der Waals surface area contributed by atoms with Gasteiger partial charge in [-0.25, -0.2) is 9.98 Å². The Labute approximate surface area is 210 Å². The molecular formula is C23H41IN6O2. The molecule has 2 fully saturated rings. The number of halogens is 1. The highest BCUT2D eigenvalue weighted by atomic mass is 127. The van der Waals surface area contributed by atoms with Gasteiger partial charge in [-0.1, -0.05) is 6.92 Å². The molecule has 2 N–H and O–H groups in total. The average Bonchev–Trinajstić information content (AvgIpc) is 3.33. The van der Waals surface area contributed by atoms with Crippen LogP contribution in [0, 0.1) is 5.92 Å². The van der Waals surface area contributed by atoms with Gasteiger partial charge in [0.25, 0.3) is 0 Å². The van der Waals surface area contributed by atoms with Crippen LogP contribution in [-0.4, -0.2) is 88.1 Å². The molecule has 0 aliphatic carbocycles. The number of rotatable bonds is 11. The van der Waals surface area contributed by atoms with Gasteiger partial charge in [0.05, 0.1) is 19.8 Å². The maximum atomic E-state index is 5.78. The minimum Gasteiger partial charge on any atom is -0.381 e. The summed E-state index contributed by atoms with van der Waals surface area (Å²) in [4.78, 5) is 14.2. The topological polar surface area (TPSA) is 74.3 Å². The first-order chi connectivity index (χ1) is 15.3. The zero-order chi connectivity index (χ0) is 21.7. The van der Waals surface area contributed by atoms with Crippen molar-refractivity contribution >= 4 is 35.8 Å². The first kappa shape index (κ1) is 27.1. The van der Waals surface area contributed by atoms with E-state index in [1.165, 1.54) is 5.56 Å². The maximum absolute atomic E-state index is 5.78. The fourth-order valence-electron chi connectivity index (χ4n) is 3.88. The number of nitrogens with one attached hydrogen (secondary N) is 2. The highest BCUT2D eigenvalue weighted by Gasteiger charge is 2.17. The van der Waals surface area contributed by atoms with E-state index in [0.717, 1.165) is 96.9 Å². The summed E-state index contributed by atoms with van der Waals surface area (Å²) in [6.07, 6.45) is 3.99. The summed E-state index contributed by atoms with van der Waals surface area (Å²) in [6, 6.07) is 4.23. The van der Waals surface area contributed by atoms with Gasteiger partial charge in [0.2, 0.25) is 0 Å².